The molecule has 0 spiro atoms. The normalized spacial score (nSPS) is 10.4. The summed E-state index contributed by atoms with van der Waals surface area (Å²) in [7, 11) is 0. The molecule has 0 aliphatic heterocycles. The molecule has 8 heteroatoms. The van der Waals surface area contributed by atoms with Crippen LogP contribution in [0.5, 0.6) is 0 Å². The van der Waals surface area contributed by atoms with Crippen LogP contribution in [0.15, 0.2) is 35.1 Å². The van der Waals surface area contributed by atoms with E-state index in [0.717, 1.165) is 0 Å². The molecule has 7 nitrogen and oxygen atoms in total. The maximum Gasteiger partial charge on any atom is 0.338 e. The van der Waals surface area contributed by atoms with Gasteiger partial charge in [-0.3, -0.25) is 14.8 Å². The first kappa shape index (κ1) is 13.2. The Bertz CT molecular complexity index is 653. The molecular weight excluding hydrogens is 318 g/mol. The van der Waals surface area contributed by atoms with Crippen LogP contribution in [0, 0.1) is 10.1 Å². The highest BCUT2D eigenvalue weighted by Gasteiger charge is 2.15. The summed E-state index contributed by atoms with van der Waals surface area (Å²) in [6.45, 7) is 0.136. The van der Waals surface area contributed by atoms with Crippen molar-refractivity contribution < 1.29 is 14.8 Å². The predicted octanol–water partition coefficient (Wildman–Crippen LogP) is 2.30. The van der Waals surface area contributed by atoms with Gasteiger partial charge in [-0.15, -0.1) is 0 Å². The van der Waals surface area contributed by atoms with Gasteiger partial charge >= 0.3 is 5.97 Å². The summed E-state index contributed by atoms with van der Waals surface area (Å²) >= 11 is 3.17. The van der Waals surface area contributed by atoms with E-state index in [-0.39, 0.29) is 17.8 Å². The molecule has 0 aliphatic rings. The zero-order valence-corrected chi connectivity index (χ0v) is 11.1. The van der Waals surface area contributed by atoms with E-state index in [0.29, 0.717) is 10.0 Å². The monoisotopic (exact) mass is 325 g/mol. The third kappa shape index (κ3) is 2.97. The zero-order valence-electron chi connectivity index (χ0n) is 9.49. The predicted molar refractivity (Wildman–Crippen MR) is 69.1 cm³/mol. The Morgan fingerprint density at radius 1 is 1.53 bits per heavy atom. The molecule has 2 aromatic rings. The average Bonchev–Trinajstić information content (AvgIpc) is 2.80. The van der Waals surface area contributed by atoms with E-state index in [9.17, 15) is 14.9 Å². The highest BCUT2D eigenvalue weighted by molar-refractivity contribution is 9.10. The minimum Gasteiger partial charge on any atom is -0.478 e. The Hall–Kier alpha value is -2.22. The maximum atomic E-state index is 10.9. The van der Waals surface area contributed by atoms with Crippen LogP contribution in [-0.2, 0) is 6.54 Å². The molecule has 0 radical (unpaired) electrons. The summed E-state index contributed by atoms with van der Waals surface area (Å²) in [5.74, 6) is -1.09. The number of hydrogen-bond acceptors (Lipinski definition) is 4. The van der Waals surface area contributed by atoms with Crippen molar-refractivity contribution in [1.29, 1.82) is 0 Å². The average molecular weight is 326 g/mol. The lowest BCUT2D eigenvalue weighted by Gasteiger charge is -2.03. The Morgan fingerprint density at radius 2 is 2.26 bits per heavy atom. The molecule has 0 saturated carbocycles. The van der Waals surface area contributed by atoms with Crippen LogP contribution >= 0.6 is 15.9 Å². The second-order valence-corrected chi connectivity index (χ2v) is 4.68. The first-order chi connectivity index (χ1) is 8.97. The molecule has 98 valence electrons. The van der Waals surface area contributed by atoms with Crippen molar-refractivity contribution in [3.8, 4) is 0 Å². The second-order valence-electron chi connectivity index (χ2n) is 3.76. The summed E-state index contributed by atoms with van der Waals surface area (Å²) in [6, 6.07) is 4.69. The van der Waals surface area contributed by atoms with Crippen LogP contribution in [0.1, 0.15) is 15.9 Å². The lowest BCUT2D eigenvalue weighted by Crippen LogP contribution is -2.04. The third-order valence-electron chi connectivity index (χ3n) is 2.46. The van der Waals surface area contributed by atoms with Crippen molar-refractivity contribution >= 4 is 27.6 Å². The highest BCUT2D eigenvalue weighted by atomic mass is 79.9. The van der Waals surface area contributed by atoms with E-state index in [2.05, 4.69) is 21.0 Å². The van der Waals surface area contributed by atoms with Gasteiger partial charge in [0.15, 0.2) is 0 Å². The number of halogens is 1. The van der Waals surface area contributed by atoms with Gasteiger partial charge in [0.05, 0.1) is 28.8 Å². The number of hydrogen-bond donors (Lipinski definition) is 1. The number of aromatic carboxylic acids is 1. The van der Waals surface area contributed by atoms with Gasteiger partial charge in [0.1, 0.15) is 0 Å². The second kappa shape index (κ2) is 5.19. The smallest absolute Gasteiger partial charge is 0.338 e. The van der Waals surface area contributed by atoms with E-state index < -0.39 is 10.9 Å². The number of nitro benzene ring substituents is 1. The van der Waals surface area contributed by atoms with E-state index in [1.54, 1.807) is 12.1 Å². The minimum absolute atomic E-state index is 0.0400. The first-order valence-corrected chi connectivity index (χ1v) is 5.95. The van der Waals surface area contributed by atoms with Crippen LogP contribution in [0.4, 0.5) is 5.69 Å². The fourth-order valence-corrected chi connectivity index (χ4v) is 1.92. The summed E-state index contributed by atoms with van der Waals surface area (Å²) in [5, 5.41) is 23.6. The Labute approximate surface area is 115 Å². The van der Waals surface area contributed by atoms with Gasteiger partial charge in [-0.2, -0.15) is 5.10 Å². The van der Waals surface area contributed by atoms with Crippen molar-refractivity contribution in [2.24, 2.45) is 0 Å². The molecular formula is C11H8BrN3O4. The van der Waals surface area contributed by atoms with Crippen molar-refractivity contribution in [3.63, 3.8) is 0 Å². The molecule has 0 bridgehead atoms. The standard InChI is InChI=1S/C11H8BrN3O4/c12-9-2-1-7(10(3-9)15(18)19)5-14-6-8(4-13-14)11(16)17/h1-4,6H,5H2,(H,16,17). The summed E-state index contributed by atoms with van der Waals surface area (Å²) < 4.78 is 1.95. The fourth-order valence-electron chi connectivity index (χ4n) is 1.58. The summed E-state index contributed by atoms with van der Waals surface area (Å²) in [4.78, 5) is 21.2. The first-order valence-electron chi connectivity index (χ1n) is 5.16. The molecule has 2 rings (SSSR count). The van der Waals surface area contributed by atoms with Crippen LogP contribution in [0.2, 0.25) is 0 Å². The number of carbonyl (C=O) groups is 1. The van der Waals surface area contributed by atoms with Crippen LogP contribution in [-0.4, -0.2) is 25.8 Å². The summed E-state index contributed by atoms with van der Waals surface area (Å²) in [5.41, 5.74) is 0.453. The number of benzene rings is 1. The number of carboxylic acid groups (broad SMARTS) is 1. The number of carboxylic acids is 1. The van der Waals surface area contributed by atoms with Gasteiger partial charge in [0.25, 0.3) is 5.69 Å². The highest BCUT2D eigenvalue weighted by Crippen LogP contribution is 2.24. The van der Waals surface area contributed by atoms with Crippen molar-refractivity contribution in [2.45, 2.75) is 6.54 Å². The Morgan fingerprint density at radius 3 is 2.84 bits per heavy atom. The molecule has 1 heterocycles. The molecule has 1 aromatic carbocycles. The number of nitrogens with zero attached hydrogens (tertiary/aromatic N) is 3. The maximum absolute atomic E-state index is 10.9. The number of rotatable bonds is 4. The minimum atomic E-state index is -1.09. The van der Waals surface area contributed by atoms with Crippen LogP contribution in [0.3, 0.4) is 0 Å². The molecule has 0 atom stereocenters. The lowest BCUT2D eigenvalue weighted by atomic mass is 10.2. The summed E-state index contributed by atoms with van der Waals surface area (Å²) in [6.07, 6.45) is 2.53. The Kier molecular flexibility index (Phi) is 3.61. The van der Waals surface area contributed by atoms with Gasteiger partial charge in [0, 0.05) is 16.7 Å². The third-order valence-corrected chi connectivity index (χ3v) is 2.95. The molecule has 0 aliphatic carbocycles. The van der Waals surface area contributed by atoms with Crippen LogP contribution in [0.25, 0.3) is 0 Å². The molecule has 1 aromatic heterocycles. The molecule has 0 fully saturated rings. The molecule has 19 heavy (non-hydrogen) atoms. The SMILES string of the molecule is O=C(O)c1cnn(Cc2ccc(Br)cc2[N+](=O)[O-])c1. The van der Waals surface area contributed by atoms with E-state index in [1.807, 2.05) is 0 Å². The van der Waals surface area contributed by atoms with Gasteiger partial charge in [0.2, 0.25) is 0 Å². The zero-order chi connectivity index (χ0) is 14.0. The van der Waals surface area contributed by atoms with Crippen LogP contribution < -0.4 is 0 Å². The topological polar surface area (TPSA) is 98.3 Å². The molecule has 1 N–H and O–H groups in total. The van der Waals surface area contributed by atoms with E-state index in [1.165, 1.54) is 23.1 Å². The van der Waals surface area contributed by atoms with Crippen molar-refractivity contribution in [2.75, 3.05) is 0 Å². The van der Waals surface area contributed by atoms with E-state index in [4.69, 9.17) is 5.11 Å². The quantitative estimate of drug-likeness (QED) is 0.687. The van der Waals surface area contributed by atoms with E-state index >= 15 is 0 Å². The molecule has 0 saturated heterocycles. The largest absolute Gasteiger partial charge is 0.478 e. The molecule has 0 unspecified atom stereocenters. The van der Waals surface area contributed by atoms with Gasteiger partial charge in [-0.05, 0) is 12.1 Å². The van der Waals surface area contributed by atoms with Crippen molar-refractivity contribution in [1.82, 2.24) is 9.78 Å². The van der Waals surface area contributed by atoms with Crippen molar-refractivity contribution in [3.05, 3.63) is 56.3 Å². The van der Waals surface area contributed by atoms with Gasteiger partial charge in [-0.25, -0.2) is 4.79 Å². The number of nitro groups is 1. The van der Waals surface area contributed by atoms with Gasteiger partial charge in [-0.1, -0.05) is 15.9 Å². The number of aromatic nitrogens is 2. The fraction of sp³-hybridized carbons (Fsp3) is 0.0909. The lowest BCUT2D eigenvalue weighted by molar-refractivity contribution is -0.385. The Balaban J connectivity index is 2.32. The molecule has 0 amide bonds. The van der Waals surface area contributed by atoms with Gasteiger partial charge < -0.3 is 5.11 Å².